The second kappa shape index (κ2) is 6.22. The van der Waals surface area contributed by atoms with Crippen molar-refractivity contribution in [3.05, 3.63) is 29.0 Å². The quantitative estimate of drug-likeness (QED) is 0.817. The Labute approximate surface area is 106 Å². The van der Waals surface area contributed by atoms with Crippen molar-refractivity contribution >= 4 is 11.6 Å². The van der Waals surface area contributed by atoms with E-state index in [1.54, 1.807) is 12.1 Å². The molecule has 1 aromatic rings. The highest BCUT2D eigenvalue weighted by atomic mass is 35.5. The number of hydrogen-bond donors (Lipinski definition) is 1. The lowest BCUT2D eigenvalue weighted by Gasteiger charge is -2.11. The summed E-state index contributed by atoms with van der Waals surface area (Å²) in [6, 6.07) is 5.43. The van der Waals surface area contributed by atoms with Gasteiger partial charge < -0.3 is 10.1 Å². The van der Waals surface area contributed by atoms with E-state index in [2.05, 4.69) is 5.32 Å². The van der Waals surface area contributed by atoms with Crippen LogP contribution in [0.5, 0.6) is 5.75 Å². The Kier molecular flexibility index (Phi) is 4.63. The molecule has 17 heavy (non-hydrogen) atoms. The molecule has 1 aromatic carbocycles. The highest BCUT2D eigenvalue weighted by molar-refractivity contribution is 6.30. The van der Waals surface area contributed by atoms with E-state index in [-0.39, 0.29) is 10.8 Å². The summed E-state index contributed by atoms with van der Waals surface area (Å²) in [7, 11) is 0. The largest absolute Gasteiger partial charge is 0.490 e. The van der Waals surface area contributed by atoms with Gasteiger partial charge in [0.2, 0.25) is 0 Å². The molecule has 1 aliphatic heterocycles. The summed E-state index contributed by atoms with van der Waals surface area (Å²) in [5.41, 5.74) is 0. The zero-order valence-electron chi connectivity index (χ0n) is 9.72. The zero-order valence-corrected chi connectivity index (χ0v) is 10.5. The fraction of sp³-hybridized carbons (Fsp3) is 0.538. The summed E-state index contributed by atoms with van der Waals surface area (Å²) in [6.45, 7) is 1.66. The van der Waals surface area contributed by atoms with Gasteiger partial charge in [-0.3, -0.25) is 0 Å². The van der Waals surface area contributed by atoms with Gasteiger partial charge in [-0.25, -0.2) is 4.39 Å². The van der Waals surface area contributed by atoms with Gasteiger partial charge in [0.05, 0.1) is 11.6 Å². The molecule has 1 fully saturated rings. The summed E-state index contributed by atoms with van der Waals surface area (Å²) in [5, 5.41) is 3.54. The monoisotopic (exact) mass is 257 g/mol. The topological polar surface area (TPSA) is 21.3 Å². The Balaban J connectivity index is 1.72. The average molecular weight is 258 g/mol. The number of halogens is 2. The molecule has 1 heterocycles. The minimum absolute atomic E-state index is 0.111. The first kappa shape index (κ1) is 12.7. The molecule has 0 aromatic heterocycles. The van der Waals surface area contributed by atoms with Gasteiger partial charge in [0, 0.05) is 6.04 Å². The van der Waals surface area contributed by atoms with Crippen LogP contribution >= 0.6 is 11.6 Å². The van der Waals surface area contributed by atoms with E-state index < -0.39 is 5.82 Å². The van der Waals surface area contributed by atoms with Gasteiger partial charge in [0.15, 0.2) is 11.6 Å². The Hall–Kier alpha value is -0.800. The van der Waals surface area contributed by atoms with E-state index in [0.29, 0.717) is 12.6 Å². The van der Waals surface area contributed by atoms with Crippen molar-refractivity contribution in [1.82, 2.24) is 5.32 Å². The minimum atomic E-state index is -0.465. The average Bonchev–Trinajstić information content (AvgIpc) is 2.83. The maximum Gasteiger partial charge on any atom is 0.183 e. The third-order valence-corrected chi connectivity index (χ3v) is 3.32. The Morgan fingerprint density at radius 1 is 1.47 bits per heavy atom. The summed E-state index contributed by atoms with van der Waals surface area (Å²) >= 11 is 5.67. The SMILES string of the molecule is Fc1c(Cl)cccc1OCCCC1CCCN1. The van der Waals surface area contributed by atoms with Crippen LogP contribution in [0, 0.1) is 5.82 Å². The van der Waals surface area contributed by atoms with Crippen molar-refractivity contribution in [3.63, 3.8) is 0 Å². The summed E-state index contributed by atoms with van der Waals surface area (Å²) in [4.78, 5) is 0. The lowest BCUT2D eigenvalue weighted by molar-refractivity contribution is 0.285. The van der Waals surface area contributed by atoms with Crippen LogP contribution in [0.15, 0.2) is 18.2 Å². The van der Waals surface area contributed by atoms with Crippen molar-refractivity contribution in [2.24, 2.45) is 0 Å². The number of benzene rings is 1. The fourth-order valence-electron chi connectivity index (χ4n) is 2.11. The summed E-state index contributed by atoms with van der Waals surface area (Å²) < 4.78 is 18.9. The molecule has 0 amide bonds. The van der Waals surface area contributed by atoms with Crippen molar-refractivity contribution < 1.29 is 9.13 Å². The van der Waals surface area contributed by atoms with Crippen molar-refractivity contribution in [2.45, 2.75) is 31.7 Å². The molecule has 2 nitrogen and oxygen atoms in total. The van der Waals surface area contributed by atoms with Crippen LogP contribution in [0.1, 0.15) is 25.7 Å². The molecule has 0 aliphatic carbocycles. The highest BCUT2D eigenvalue weighted by Gasteiger charge is 2.13. The molecule has 1 saturated heterocycles. The maximum absolute atomic E-state index is 13.5. The van der Waals surface area contributed by atoms with Crippen LogP contribution in [0.2, 0.25) is 5.02 Å². The first-order valence-electron chi connectivity index (χ1n) is 6.07. The Bertz CT molecular complexity index is 366. The lowest BCUT2D eigenvalue weighted by Crippen LogP contribution is -2.21. The van der Waals surface area contributed by atoms with Gasteiger partial charge in [-0.1, -0.05) is 17.7 Å². The predicted octanol–water partition coefficient (Wildman–Crippen LogP) is 3.39. The van der Waals surface area contributed by atoms with Crippen LogP contribution in [0.4, 0.5) is 4.39 Å². The third kappa shape index (κ3) is 3.58. The number of rotatable bonds is 5. The van der Waals surface area contributed by atoms with E-state index >= 15 is 0 Å². The Morgan fingerprint density at radius 3 is 3.12 bits per heavy atom. The number of nitrogens with one attached hydrogen (secondary N) is 1. The molecule has 0 bridgehead atoms. The van der Waals surface area contributed by atoms with E-state index in [9.17, 15) is 4.39 Å². The second-order valence-electron chi connectivity index (χ2n) is 4.34. The van der Waals surface area contributed by atoms with Crippen molar-refractivity contribution in [1.29, 1.82) is 0 Å². The highest BCUT2D eigenvalue weighted by Crippen LogP contribution is 2.24. The van der Waals surface area contributed by atoms with Gasteiger partial charge in [0.1, 0.15) is 0 Å². The molecular formula is C13H17ClFNO. The molecular weight excluding hydrogens is 241 g/mol. The van der Waals surface area contributed by atoms with E-state index in [4.69, 9.17) is 16.3 Å². The van der Waals surface area contributed by atoms with Gasteiger partial charge in [-0.2, -0.15) is 0 Å². The number of hydrogen-bond acceptors (Lipinski definition) is 2. The minimum Gasteiger partial charge on any atom is -0.490 e. The molecule has 1 aliphatic rings. The summed E-state index contributed by atoms with van der Waals surface area (Å²) in [5.74, 6) is -0.218. The first-order valence-corrected chi connectivity index (χ1v) is 6.45. The van der Waals surface area contributed by atoms with E-state index in [0.717, 1.165) is 19.4 Å². The fourth-order valence-corrected chi connectivity index (χ4v) is 2.28. The van der Waals surface area contributed by atoms with Gasteiger partial charge in [-0.15, -0.1) is 0 Å². The molecule has 2 rings (SSSR count). The molecule has 0 spiro atoms. The van der Waals surface area contributed by atoms with Crippen LogP contribution in [-0.2, 0) is 0 Å². The first-order chi connectivity index (χ1) is 8.27. The molecule has 1 atom stereocenters. The van der Waals surface area contributed by atoms with Crippen molar-refractivity contribution in [2.75, 3.05) is 13.2 Å². The molecule has 1 N–H and O–H groups in total. The second-order valence-corrected chi connectivity index (χ2v) is 4.74. The lowest BCUT2D eigenvalue weighted by atomic mass is 10.1. The normalized spacial score (nSPS) is 19.5. The molecule has 4 heteroatoms. The smallest absolute Gasteiger partial charge is 0.183 e. The third-order valence-electron chi connectivity index (χ3n) is 3.03. The standard InChI is InChI=1S/C13H17ClFNO/c14-11-6-1-7-12(13(11)15)17-9-3-5-10-4-2-8-16-10/h1,6-7,10,16H,2-5,8-9H2. The molecule has 0 saturated carbocycles. The maximum atomic E-state index is 13.5. The van der Waals surface area contributed by atoms with Gasteiger partial charge in [0.25, 0.3) is 0 Å². The Morgan fingerprint density at radius 2 is 2.35 bits per heavy atom. The molecule has 0 radical (unpaired) electrons. The van der Waals surface area contributed by atoms with Crippen LogP contribution in [0.25, 0.3) is 0 Å². The van der Waals surface area contributed by atoms with Crippen LogP contribution in [-0.4, -0.2) is 19.2 Å². The number of ether oxygens (including phenoxy) is 1. The van der Waals surface area contributed by atoms with Crippen LogP contribution < -0.4 is 10.1 Å². The van der Waals surface area contributed by atoms with Gasteiger partial charge in [-0.05, 0) is 44.4 Å². The predicted molar refractivity (Wildman–Crippen MR) is 67.2 cm³/mol. The van der Waals surface area contributed by atoms with Gasteiger partial charge >= 0.3 is 0 Å². The summed E-state index contributed by atoms with van der Waals surface area (Å²) in [6.07, 6.45) is 4.52. The molecule has 1 unspecified atom stereocenters. The van der Waals surface area contributed by atoms with Crippen molar-refractivity contribution in [3.8, 4) is 5.75 Å². The van der Waals surface area contributed by atoms with E-state index in [1.807, 2.05) is 0 Å². The van der Waals surface area contributed by atoms with Crippen LogP contribution in [0.3, 0.4) is 0 Å². The molecule has 94 valence electrons. The zero-order chi connectivity index (χ0) is 12.1. The van der Waals surface area contributed by atoms with E-state index in [1.165, 1.54) is 18.9 Å².